The molecule has 0 spiro atoms. The summed E-state index contributed by atoms with van der Waals surface area (Å²) < 4.78 is 9.04. The topological polar surface area (TPSA) is 77.8 Å². The summed E-state index contributed by atoms with van der Waals surface area (Å²) in [7, 11) is 0. The van der Waals surface area contributed by atoms with Crippen LogP contribution in [0.4, 0.5) is 0 Å². The molecule has 2 aliphatic carbocycles. The van der Waals surface area contributed by atoms with Crippen LogP contribution < -0.4 is 0 Å². The first-order chi connectivity index (χ1) is 23.6. The van der Waals surface area contributed by atoms with Crippen molar-refractivity contribution in [1.82, 2.24) is 48.0 Å². The molecule has 10 heteroatoms. The number of hydrogen-bond acceptors (Lipinski definition) is 6. The monoisotopic (exact) mass is 642 g/mol. The highest BCUT2D eigenvalue weighted by Crippen LogP contribution is 2.29. The molecule has 10 rings (SSSR count). The van der Waals surface area contributed by atoms with Crippen LogP contribution in [-0.2, 0) is 25.9 Å². The molecule has 6 heterocycles. The molecular formula is C38H46N10. The van der Waals surface area contributed by atoms with Crippen molar-refractivity contribution in [1.29, 1.82) is 0 Å². The van der Waals surface area contributed by atoms with Gasteiger partial charge in [-0.3, -0.25) is 9.80 Å². The summed E-state index contributed by atoms with van der Waals surface area (Å²) in [4.78, 5) is 23.8. The molecule has 48 heavy (non-hydrogen) atoms. The minimum atomic E-state index is 0.830. The van der Waals surface area contributed by atoms with Crippen molar-refractivity contribution in [2.24, 2.45) is 0 Å². The second-order valence-corrected chi connectivity index (χ2v) is 14.3. The highest BCUT2D eigenvalue weighted by Gasteiger charge is 2.28. The molecule has 10 nitrogen and oxygen atoms in total. The quantitative estimate of drug-likeness (QED) is 0.239. The van der Waals surface area contributed by atoms with E-state index >= 15 is 0 Å². The first-order valence-corrected chi connectivity index (χ1v) is 18.0. The molecule has 0 atom stereocenters. The van der Waals surface area contributed by atoms with Crippen molar-refractivity contribution in [3.63, 3.8) is 0 Å². The largest absolute Gasteiger partial charge is 0.327 e. The number of hydrogen-bond donors (Lipinski definition) is 0. The van der Waals surface area contributed by atoms with Gasteiger partial charge in [0.05, 0.1) is 40.4 Å². The van der Waals surface area contributed by atoms with E-state index in [4.69, 9.17) is 9.97 Å². The smallest absolute Gasteiger partial charge is 0.111 e. The van der Waals surface area contributed by atoms with E-state index < -0.39 is 0 Å². The summed E-state index contributed by atoms with van der Waals surface area (Å²) >= 11 is 0. The summed E-state index contributed by atoms with van der Waals surface area (Å²) in [5, 5.41) is 0. The van der Waals surface area contributed by atoms with Gasteiger partial charge in [-0.1, -0.05) is 12.8 Å². The Balaban J connectivity index is 0.000000131. The van der Waals surface area contributed by atoms with Crippen LogP contribution in [0.1, 0.15) is 61.6 Å². The molecule has 0 unspecified atom stereocenters. The second-order valence-electron chi connectivity index (χ2n) is 14.3. The Morgan fingerprint density at radius 2 is 1.23 bits per heavy atom. The molecule has 2 aliphatic heterocycles. The number of rotatable bonds is 4. The molecule has 2 aromatic carbocycles. The van der Waals surface area contributed by atoms with Gasteiger partial charge in [-0.2, -0.15) is 0 Å². The zero-order valence-corrected chi connectivity index (χ0v) is 28.3. The third-order valence-electron chi connectivity index (χ3n) is 11.4. The van der Waals surface area contributed by atoms with Crippen molar-refractivity contribution >= 4 is 22.1 Å². The minimum absolute atomic E-state index is 0.830. The van der Waals surface area contributed by atoms with Crippen LogP contribution in [-0.4, -0.2) is 86.3 Å². The first-order valence-electron chi connectivity index (χ1n) is 18.0. The molecule has 4 aliphatic rings. The van der Waals surface area contributed by atoms with Crippen LogP contribution in [0.25, 0.3) is 33.4 Å². The van der Waals surface area contributed by atoms with Gasteiger partial charge in [-0.05, 0) is 75.9 Å². The van der Waals surface area contributed by atoms with Crippen LogP contribution >= 0.6 is 0 Å². The van der Waals surface area contributed by atoms with Gasteiger partial charge in [-0.15, -0.1) is 0 Å². The van der Waals surface area contributed by atoms with Gasteiger partial charge in [0.25, 0.3) is 0 Å². The Morgan fingerprint density at radius 3 is 1.73 bits per heavy atom. The van der Waals surface area contributed by atoms with Gasteiger partial charge in [0.2, 0.25) is 0 Å². The number of nitrogens with zero attached hydrogens (tertiary/aromatic N) is 10. The predicted molar refractivity (Wildman–Crippen MR) is 189 cm³/mol. The molecule has 2 saturated carbocycles. The Hall–Kier alpha value is -4.28. The highest BCUT2D eigenvalue weighted by molar-refractivity contribution is 5.79. The molecule has 4 aromatic heterocycles. The Morgan fingerprint density at radius 1 is 0.646 bits per heavy atom. The van der Waals surface area contributed by atoms with Gasteiger partial charge in [0, 0.05) is 93.7 Å². The van der Waals surface area contributed by atoms with Gasteiger partial charge in [-0.25, -0.2) is 19.9 Å². The van der Waals surface area contributed by atoms with E-state index in [0.29, 0.717) is 0 Å². The lowest BCUT2D eigenvalue weighted by Gasteiger charge is -2.36. The molecule has 0 N–H and O–H groups in total. The average Bonchev–Trinajstić information content (AvgIpc) is 3.77. The summed E-state index contributed by atoms with van der Waals surface area (Å²) in [5.41, 5.74) is 9.19. The number of benzene rings is 2. The number of imidazole rings is 4. The van der Waals surface area contributed by atoms with E-state index in [0.717, 1.165) is 98.0 Å². The highest BCUT2D eigenvalue weighted by atomic mass is 15.2. The molecule has 0 radical (unpaired) electrons. The fraction of sp³-hybridized carbons (Fsp3) is 0.474. The standard InChI is InChI=1S/2C19H23N5/c1-14-12-23(13-20-14)16-5-6-18-17(11-16)21-19-7-8-22(9-10-24(18)19)15-3-2-4-15;1-14-12-20-13-24(14)16-5-6-18-17(11-16)21-19-7-8-22(9-10-23(18)19)15-3-2-4-15/h2*5-6,11-13,15H,2-4,7-10H2,1H3. The normalized spacial score (nSPS) is 19.2. The average molecular weight is 643 g/mol. The van der Waals surface area contributed by atoms with Crippen LogP contribution in [0.15, 0.2) is 61.4 Å². The zero-order valence-electron chi connectivity index (χ0n) is 28.3. The molecule has 0 amide bonds. The lowest BCUT2D eigenvalue weighted by molar-refractivity contribution is 0.130. The lowest BCUT2D eigenvalue weighted by atomic mass is 9.91. The third kappa shape index (κ3) is 5.44. The van der Waals surface area contributed by atoms with Crippen molar-refractivity contribution in [3.05, 3.63) is 84.5 Å². The second kappa shape index (κ2) is 12.3. The van der Waals surface area contributed by atoms with E-state index in [-0.39, 0.29) is 0 Å². The van der Waals surface area contributed by atoms with Crippen molar-refractivity contribution < 1.29 is 0 Å². The van der Waals surface area contributed by atoms with Crippen LogP contribution in [0.5, 0.6) is 0 Å². The Bertz CT molecular complexity index is 2070. The maximum absolute atomic E-state index is 4.95. The van der Waals surface area contributed by atoms with Gasteiger partial charge in [0.1, 0.15) is 11.6 Å². The van der Waals surface area contributed by atoms with Crippen LogP contribution in [0.2, 0.25) is 0 Å². The van der Waals surface area contributed by atoms with Crippen LogP contribution in [0, 0.1) is 13.8 Å². The van der Waals surface area contributed by atoms with E-state index in [1.54, 1.807) is 0 Å². The first kappa shape index (κ1) is 29.8. The molecular weight excluding hydrogens is 596 g/mol. The zero-order chi connectivity index (χ0) is 32.2. The van der Waals surface area contributed by atoms with E-state index in [1.165, 1.54) is 61.2 Å². The van der Waals surface area contributed by atoms with Gasteiger partial charge in [0.15, 0.2) is 0 Å². The summed E-state index contributed by atoms with van der Waals surface area (Å²) in [6.07, 6.45) is 18.2. The van der Waals surface area contributed by atoms with Crippen molar-refractivity contribution in [2.75, 3.05) is 26.2 Å². The fourth-order valence-corrected chi connectivity index (χ4v) is 8.12. The van der Waals surface area contributed by atoms with Crippen molar-refractivity contribution in [3.8, 4) is 11.4 Å². The predicted octanol–water partition coefficient (Wildman–Crippen LogP) is 5.88. The summed E-state index contributed by atoms with van der Waals surface area (Å²) in [5.74, 6) is 2.48. The van der Waals surface area contributed by atoms with E-state index in [9.17, 15) is 0 Å². The number of aryl methyl sites for hydroxylation is 2. The third-order valence-corrected chi connectivity index (χ3v) is 11.4. The van der Waals surface area contributed by atoms with Crippen LogP contribution in [0.3, 0.4) is 0 Å². The molecule has 0 saturated heterocycles. The maximum atomic E-state index is 4.95. The van der Waals surface area contributed by atoms with E-state index in [2.05, 4.69) is 87.6 Å². The minimum Gasteiger partial charge on any atom is -0.327 e. The SMILES string of the molecule is Cc1cn(-c2ccc3c(c2)nc2n3CCN(C3CCC3)CC2)cn1.Cc1cncn1-c1ccc2c(c1)nc1n2CCN(C2CCC2)CC1. The molecule has 248 valence electrons. The fourth-order valence-electron chi connectivity index (χ4n) is 8.12. The molecule has 6 aromatic rings. The molecule has 2 fully saturated rings. The van der Waals surface area contributed by atoms with Gasteiger partial charge >= 0.3 is 0 Å². The van der Waals surface area contributed by atoms with E-state index in [1.807, 2.05) is 25.8 Å². The number of fused-ring (bicyclic) bond motifs is 6. The maximum Gasteiger partial charge on any atom is 0.111 e. The van der Waals surface area contributed by atoms with Gasteiger partial charge < -0.3 is 18.3 Å². The summed E-state index contributed by atoms with van der Waals surface area (Å²) in [6.45, 7) is 10.8. The lowest BCUT2D eigenvalue weighted by Crippen LogP contribution is -2.41. The number of aromatic nitrogens is 8. The summed E-state index contributed by atoms with van der Waals surface area (Å²) in [6, 6.07) is 14.8. The molecule has 0 bridgehead atoms. The van der Waals surface area contributed by atoms with Crippen molar-refractivity contribution in [2.45, 2.75) is 90.4 Å². The Kier molecular flexibility index (Phi) is 7.65. The Labute approximate surface area is 282 Å².